The van der Waals surface area contributed by atoms with Crippen LogP contribution in [0.25, 0.3) is 0 Å². The number of aromatic nitrogens is 3. The number of carbonyl (C=O) groups excluding carboxylic acids is 1. The molecule has 0 fully saturated rings. The molecule has 1 aromatic rings. The maximum atomic E-state index is 11.1. The molecule has 0 aliphatic heterocycles. The van der Waals surface area contributed by atoms with E-state index in [0.717, 1.165) is 0 Å². The van der Waals surface area contributed by atoms with E-state index in [1.807, 2.05) is 19.3 Å². The summed E-state index contributed by atoms with van der Waals surface area (Å²) in [5.74, 6) is 10.2. The molecule has 0 aromatic carbocycles. The maximum Gasteiger partial charge on any atom is 0.353 e. The van der Waals surface area contributed by atoms with E-state index in [0.29, 0.717) is 5.01 Å². The second-order valence-corrected chi connectivity index (χ2v) is 3.05. The first-order chi connectivity index (χ1) is 7.54. The van der Waals surface area contributed by atoms with E-state index >= 15 is 0 Å². The van der Waals surface area contributed by atoms with Crippen molar-refractivity contribution in [2.24, 2.45) is 11.7 Å². The van der Waals surface area contributed by atoms with Crippen molar-refractivity contribution in [3.8, 4) is 6.01 Å². The number of ether oxygens (including phenoxy) is 1. The fourth-order valence-corrected chi connectivity index (χ4v) is 0.817. The Kier molecular flexibility index (Phi) is 3.91. The first-order valence-electron chi connectivity index (χ1n) is 4.45. The number of hydrazine groups is 2. The summed E-state index contributed by atoms with van der Waals surface area (Å²) in [6.45, 7) is 3.63. The summed E-state index contributed by atoms with van der Waals surface area (Å²) >= 11 is 0. The van der Waals surface area contributed by atoms with Gasteiger partial charge >= 0.3 is 12.0 Å². The fourth-order valence-electron chi connectivity index (χ4n) is 0.817. The number of amides is 2. The van der Waals surface area contributed by atoms with Crippen molar-refractivity contribution in [1.29, 1.82) is 0 Å². The van der Waals surface area contributed by atoms with Gasteiger partial charge in [0.05, 0.1) is 6.10 Å². The van der Waals surface area contributed by atoms with Crippen LogP contribution in [0, 0.1) is 0 Å². The molecule has 0 unspecified atom stereocenters. The van der Waals surface area contributed by atoms with E-state index in [1.54, 1.807) is 0 Å². The molecule has 0 radical (unpaired) electrons. The van der Waals surface area contributed by atoms with Gasteiger partial charge in [0.25, 0.3) is 5.95 Å². The van der Waals surface area contributed by atoms with E-state index < -0.39 is 6.03 Å². The van der Waals surface area contributed by atoms with Gasteiger partial charge in [0, 0.05) is 0 Å². The van der Waals surface area contributed by atoms with Gasteiger partial charge in [-0.2, -0.15) is 20.0 Å². The number of urea groups is 1. The normalized spacial score (nSPS) is 10.1. The molecule has 5 N–H and O–H groups in total. The van der Waals surface area contributed by atoms with Gasteiger partial charge in [-0.05, 0) is 13.8 Å². The van der Waals surface area contributed by atoms with Gasteiger partial charge in [-0.3, -0.25) is 5.43 Å². The van der Waals surface area contributed by atoms with Crippen LogP contribution in [0.15, 0.2) is 6.33 Å². The third kappa shape index (κ3) is 3.00. The van der Waals surface area contributed by atoms with Crippen molar-refractivity contribution in [3.63, 3.8) is 0 Å². The van der Waals surface area contributed by atoms with Crippen LogP contribution in [-0.4, -0.2) is 27.1 Å². The van der Waals surface area contributed by atoms with Crippen LogP contribution < -0.4 is 26.9 Å². The van der Waals surface area contributed by atoms with Gasteiger partial charge in [-0.15, -0.1) is 0 Å². The van der Waals surface area contributed by atoms with Crippen LogP contribution in [0.3, 0.4) is 0 Å². The third-order valence-electron chi connectivity index (χ3n) is 1.44. The Balaban J connectivity index is 2.85. The summed E-state index contributed by atoms with van der Waals surface area (Å²) in [4.78, 5) is 22.3. The van der Waals surface area contributed by atoms with Crippen LogP contribution in [0.4, 0.5) is 10.7 Å². The number of hydrogen-bond donors (Lipinski definition) is 3. The lowest BCUT2D eigenvalue weighted by molar-refractivity contribution is 0.221. The number of nitrogens with zero attached hydrogens (tertiary/aromatic N) is 4. The SMILES string of the molecule is CC(C)Oc1ncnc(N(N)C(=O)NN)n1. The quantitative estimate of drug-likeness (QED) is 0.340. The lowest BCUT2D eigenvalue weighted by Crippen LogP contribution is -2.48. The zero-order valence-corrected chi connectivity index (χ0v) is 8.91. The summed E-state index contributed by atoms with van der Waals surface area (Å²) in [6.07, 6.45) is 1.09. The van der Waals surface area contributed by atoms with Crippen molar-refractivity contribution in [1.82, 2.24) is 20.4 Å². The average Bonchev–Trinajstić information content (AvgIpc) is 2.26. The van der Waals surface area contributed by atoms with Crippen molar-refractivity contribution in [2.45, 2.75) is 20.0 Å². The Morgan fingerprint density at radius 3 is 2.81 bits per heavy atom. The fraction of sp³-hybridized carbons (Fsp3) is 0.429. The van der Waals surface area contributed by atoms with E-state index in [2.05, 4.69) is 15.0 Å². The van der Waals surface area contributed by atoms with Crippen molar-refractivity contribution in [3.05, 3.63) is 6.33 Å². The summed E-state index contributed by atoms with van der Waals surface area (Å²) in [5.41, 5.74) is 1.84. The molecule has 0 saturated heterocycles. The van der Waals surface area contributed by atoms with Crippen molar-refractivity contribution < 1.29 is 9.53 Å². The molecule has 0 spiro atoms. The van der Waals surface area contributed by atoms with Gasteiger partial charge in [-0.1, -0.05) is 0 Å². The molecular weight excluding hydrogens is 214 g/mol. The number of anilines is 1. The van der Waals surface area contributed by atoms with Crippen LogP contribution in [0.5, 0.6) is 6.01 Å². The van der Waals surface area contributed by atoms with E-state index in [9.17, 15) is 4.79 Å². The Morgan fingerprint density at radius 2 is 2.25 bits per heavy atom. The van der Waals surface area contributed by atoms with Crippen LogP contribution >= 0.6 is 0 Å². The van der Waals surface area contributed by atoms with E-state index in [4.69, 9.17) is 16.4 Å². The third-order valence-corrected chi connectivity index (χ3v) is 1.44. The van der Waals surface area contributed by atoms with Crippen LogP contribution in [-0.2, 0) is 0 Å². The molecule has 0 atom stereocenters. The Bertz CT molecular complexity index is 370. The minimum absolute atomic E-state index is 0.0615. The van der Waals surface area contributed by atoms with Gasteiger partial charge in [-0.25, -0.2) is 16.5 Å². The highest BCUT2D eigenvalue weighted by Gasteiger charge is 2.14. The molecule has 0 saturated carbocycles. The van der Waals surface area contributed by atoms with Crippen molar-refractivity contribution in [2.75, 3.05) is 5.01 Å². The Labute approximate surface area is 91.8 Å². The van der Waals surface area contributed by atoms with Gasteiger partial charge in [0.2, 0.25) is 0 Å². The molecule has 1 heterocycles. The zero-order chi connectivity index (χ0) is 12.1. The number of rotatable bonds is 3. The number of hydrogen-bond acceptors (Lipinski definition) is 7. The zero-order valence-electron chi connectivity index (χ0n) is 8.91. The first kappa shape index (κ1) is 12.1. The van der Waals surface area contributed by atoms with Gasteiger partial charge < -0.3 is 4.74 Å². The van der Waals surface area contributed by atoms with Crippen molar-refractivity contribution >= 4 is 12.0 Å². The first-order valence-corrected chi connectivity index (χ1v) is 4.45. The van der Waals surface area contributed by atoms with Crippen LogP contribution in [0.1, 0.15) is 13.8 Å². The number of carbonyl (C=O) groups is 1. The smallest absolute Gasteiger partial charge is 0.353 e. The number of nitrogens with two attached hydrogens (primary N) is 2. The predicted octanol–water partition coefficient (Wildman–Crippen LogP) is -1.08. The van der Waals surface area contributed by atoms with E-state index in [-0.39, 0.29) is 18.1 Å². The molecule has 9 heteroatoms. The molecule has 88 valence electrons. The largest absolute Gasteiger partial charge is 0.461 e. The molecule has 0 bridgehead atoms. The van der Waals surface area contributed by atoms with Gasteiger partial charge in [0.15, 0.2) is 0 Å². The Morgan fingerprint density at radius 1 is 1.56 bits per heavy atom. The number of nitrogens with one attached hydrogen (secondary N) is 1. The molecule has 0 aliphatic rings. The minimum atomic E-state index is -0.748. The average molecular weight is 227 g/mol. The molecule has 1 aromatic heterocycles. The highest BCUT2D eigenvalue weighted by atomic mass is 16.5. The molecular formula is C7H13N7O2. The lowest BCUT2D eigenvalue weighted by Gasteiger charge is -2.14. The lowest BCUT2D eigenvalue weighted by atomic mass is 10.5. The summed E-state index contributed by atoms with van der Waals surface area (Å²) in [7, 11) is 0. The predicted molar refractivity (Wildman–Crippen MR) is 55.0 cm³/mol. The topological polar surface area (TPSA) is 132 Å². The molecule has 1 rings (SSSR count). The second-order valence-electron chi connectivity index (χ2n) is 3.05. The minimum Gasteiger partial charge on any atom is -0.461 e. The maximum absolute atomic E-state index is 11.1. The van der Waals surface area contributed by atoms with E-state index in [1.165, 1.54) is 6.33 Å². The molecule has 2 amide bonds. The summed E-state index contributed by atoms with van der Waals surface area (Å²) in [6, 6.07) is -0.665. The standard InChI is InChI=1S/C7H13N7O2/c1-4(2)16-6-11-3-10-5(12-6)14(9)7(15)13-8/h3-4H,8-9H2,1-2H3,(H,13,15). The summed E-state index contributed by atoms with van der Waals surface area (Å²) < 4.78 is 5.21. The summed E-state index contributed by atoms with van der Waals surface area (Å²) in [5, 5.41) is 0.648. The monoisotopic (exact) mass is 227 g/mol. The molecule has 16 heavy (non-hydrogen) atoms. The van der Waals surface area contributed by atoms with Gasteiger partial charge in [0.1, 0.15) is 6.33 Å². The highest BCUT2D eigenvalue weighted by Crippen LogP contribution is 2.08. The molecule has 0 aliphatic carbocycles. The Hall–Kier alpha value is -2.00. The molecule has 9 nitrogen and oxygen atoms in total. The highest BCUT2D eigenvalue weighted by molar-refractivity contribution is 5.88. The van der Waals surface area contributed by atoms with Crippen LogP contribution in [0.2, 0.25) is 0 Å². The second kappa shape index (κ2) is 5.19.